The SMILES string of the molecule is Cl.NC1CC([N+](=O)[O-])([N+](=O)[O-])C1. The van der Waals surface area contributed by atoms with Crippen LogP contribution in [-0.2, 0) is 0 Å². The summed E-state index contributed by atoms with van der Waals surface area (Å²) in [6, 6.07) is -0.397. The summed E-state index contributed by atoms with van der Waals surface area (Å²) in [4.78, 5) is 18.7. The average molecular weight is 198 g/mol. The second-order valence-electron chi connectivity index (χ2n) is 2.67. The Hall–Kier alpha value is -0.950. The first-order valence-corrected chi connectivity index (χ1v) is 3.03. The normalized spacial score (nSPS) is 20.4. The Labute approximate surface area is 73.6 Å². The Bertz CT molecular complexity index is 198. The van der Waals surface area contributed by atoms with Gasteiger partial charge in [0.2, 0.25) is 0 Å². The minimum absolute atomic E-state index is 0. The predicted molar refractivity (Wildman–Crippen MR) is 41.2 cm³/mol. The highest BCUT2D eigenvalue weighted by molar-refractivity contribution is 5.85. The van der Waals surface area contributed by atoms with Crippen LogP contribution in [0.4, 0.5) is 0 Å². The zero-order valence-corrected chi connectivity index (χ0v) is 6.82. The maximum absolute atomic E-state index is 10.2. The molecule has 8 heteroatoms. The molecule has 1 saturated carbocycles. The molecule has 1 rings (SSSR count). The van der Waals surface area contributed by atoms with Crippen molar-refractivity contribution in [1.29, 1.82) is 0 Å². The summed E-state index contributed by atoms with van der Waals surface area (Å²) in [6.07, 6.45) is -0.319. The molecule has 1 aliphatic carbocycles. The molecule has 0 atom stereocenters. The lowest BCUT2D eigenvalue weighted by molar-refractivity contribution is -0.811. The highest BCUT2D eigenvalue weighted by atomic mass is 35.5. The van der Waals surface area contributed by atoms with E-state index in [1.54, 1.807) is 0 Å². The number of nitrogens with zero attached hydrogens (tertiary/aromatic N) is 2. The smallest absolute Gasteiger partial charge is 0.327 e. The van der Waals surface area contributed by atoms with Gasteiger partial charge in [-0.3, -0.25) is 20.2 Å². The monoisotopic (exact) mass is 197 g/mol. The minimum Gasteiger partial charge on any atom is -0.327 e. The number of nitro groups is 2. The van der Waals surface area contributed by atoms with Gasteiger partial charge in [-0.05, 0) is 0 Å². The van der Waals surface area contributed by atoms with Crippen LogP contribution in [0.3, 0.4) is 0 Å². The van der Waals surface area contributed by atoms with E-state index in [2.05, 4.69) is 0 Å². The van der Waals surface area contributed by atoms with Gasteiger partial charge in [0.1, 0.15) is 12.8 Å². The first-order chi connectivity index (χ1) is 4.99. The first-order valence-electron chi connectivity index (χ1n) is 3.03. The highest BCUT2D eigenvalue weighted by Gasteiger charge is 2.65. The summed E-state index contributed by atoms with van der Waals surface area (Å²) in [5.41, 5.74) is 3.23. The maximum atomic E-state index is 10.2. The number of hydrogen-bond donors (Lipinski definition) is 1. The van der Waals surface area contributed by atoms with E-state index in [0.717, 1.165) is 0 Å². The Morgan fingerprint density at radius 3 is 1.67 bits per heavy atom. The zero-order chi connectivity index (χ0) is 8.65. The third-order valence-electron chi connectivity index (χ3n) is 1.86. The number of halogens is 1. The molecule has 0 amide bonds. The lowest BCUT2D eigenvalue weighted by Crippen LogP contribution is -2.61. The zero-order valence-electron chi connectivity index (χ0n) is 6.00. The Balaban J connectivity index is 0.00000121. The van der Waals surface area contributed by atoms with E-state index < -0.39 is 21.6 Å². The summed E-state index contributed by atoms with van der Waals surface area (Å²) in [5, 5.41) is 20.4. The first kappa shape index (κ1) is 11.1. The molecule has 12 heavy (non-hydrogen) atoms. The van der Waals surface area contributed by atoms with Crippen LogP contribution in [-0.4, -0.2) is 21.6 Å². The molecule has 0 heterocycles. The number of rotatable bonds is 2. The molecule has 0 aromatic heterocycles. The number of hydrogen-bond acceptors (Lipinski definition) is 5. The van der Waals surface area contributed by atoms with Crippen LogP contribution in [0.15, 0.2) is 0 Å². The molecular weight excluding hydrogens is 190 g/mol. The molecule has 7 nitrogen and oxygen atoms in total. The van der Waals surface area contributed by atoms with E-state index in [0.29, 0.717) is 0 Å². The molecule has 0 aromatic carbocycles. The van der Waals surface area contributed by atoms with Crippen molar-refractivity contribution in [3.63, 3.8) is 0 Å². The van der Waals surface area contributed by atoms with Crippen molar-refractivity contribution in [2.75, 3.05) is 0 Å². The van der Waals surface area contributed by atoms with Crippen LogP contribution in [0, 0.1) is 20.2 Å². The Kier molecular flexibility index (Phi) is 2.94. The summed E-state index contributed by atoms with van der Waals surface area (Å²) in [7, 11) is 0. The van der Waals surface area contributed by atoms with E-state index in [4.69, 9.17) is 5.73 Å². The van der Waals surface area contributed by atoms with E-state index in [1.807, 2.05) is 0 Å². The van der Waals surface area contributed by atoms with Crippen LogP contribution in [0.25, 0.3) is 0 Å². The second kappa shape index (κ2) is 3.20. The van der Waals surface area contributed by atoms with Crippen LogP contribution in [0.5, 0.6) is 0 Å². The van der Waals surface area contributed by atoms with E-state index >= 15 is 0 Å². The number of nitrogens with two attached hydrogens (primary N) is 1. The van der Waals surface area contributed by atoms with Gasteiger partial charge in [0.25, 0.3) is 0 Å². The lowest BCUT2D eigenvalue weighted by Gasteiger charge is -2.29. The summed E-state index contributed by atoms with van der Waals surface area (Å²) < 4.78 is 0. The maximum Gasteiger partial charge on any atom is 0.461 e. The van der Waals surface area contributed by atoms with E-state index in [9.17, 15) is 20.2 Å². The summed E-state index contributed by atoms with van der Waals surface area (Å²) >= 11 is 0. The van der Waals surface area contributed by atoms with Crippen LogP contribution in [0.1, 0.15) is 12.8 Å². The van der Waals surface area contributed by atoms with Crippen molar-refractivity contribution in [2.45, 2.75) is 24.5 Å². The molecule has 0 bridgehead atoms. The van der Waals surface area contributed by atoms with Crippen molar-refractivity contribution in [1.82, 2.24) is 0 Å². The molecule has 0 spiro atoms. The lowest BCUT2D eigenvalue weighted by atomic mass is 9.81. The Morgan fingerprint density at radius 2 is 1.58 bits per heavy atom. The van der Waals surface area contributed by atoms with Gasteiger partial charge < -0.3 is 5.73 Å². The molecule has 70 valence electrons. The van der Waals surface area contributed by atoms with Crippen molar-refractivity contribution in [2.24, 2.45) is 5.73 Å². The quantitative estimate of drug-likeness (QED) is 0.374. The summed E-state index contributed by atoms with van der Waals surface area (Å²) in [5.74, 6) is 0. The molecule has 1 fully saturated rings. The van der Waals surface area contributed by atoms with Crippen LogP contribution in [0.2, 0.25) is 0 Å². The van der Waals surface area contributed by atoms with Crippen LogP contribution < -0.4 is 5.73 Å². The van der Waals surface area contributed by atoms with Gasteiger partial charge in [0, 0.05) is 6.04 Å². The van der Waals surface area contributed by atoms with Crippen molar-refractivity contribution in [3.05, 3.63) is 20.2 Å². The fraction of sp³-hybridized carbons (Fsp3) is 1.00. The van der Waals surface area contributed by atoms with Gasteiger partial charge in [0.05, 0.1) is 9.85 Å². The molecule has 0 unspecified atom stereocenters. The van der Waals surface area contributed by atoms with Crippen molar-refractivity contribution < 1.29 is 9.85 Å². The topological polar surface area (TPSA) is 112 Å². The molecule has 0 radical (unpaired) electrons. The summed E-state index contributed by atoms with van der Waals surface area (Å²) in [6.45, 7) is 0. The standard InChI is InChI=1S/C4H7N3O4.ClH/c5-3-1-4(2-3,6(8)9)7(10)11;/h3H,1-2,5H2;1H. The predicted octanol–water partition coefficient (Wildman–Crippen LogP) is -0.221. The molecule has 0 aliphatic heterocycles. The third kappa shape index (κ3) is 1.32. The molecule has 0 saturated heterocycles. The van der Waals surface area contributed by atoms with Crippen molar-refractivity contribution >= 4 is 12.4 Å². The average Bonchev–Trinajstić information content (AvgIpc) is 1.78. The second-order valence-corrected chi connectivity index (χ2v) is 2.67. The molecule has 2 N–H and O–H groups in total. The Morgan fingerprint density at radius 1 is 1.25 bits per heavy atom. The van der Waals surface area contributed by atoms with Gasteiger partial charge in [-0.2, -0.15) is 0 Å². The van der Waals surface area contributed by atoms with E-state index in [1.165, 1.54) is 0 Å². The minimum atomic E-state index is -1.99. The van der Waals surface area contributed by atoms with Gasteiger partial charge in [-0.25, -0.2) is 0 Å². The third-order valence-corrected chi connectivity index (χ3v) is 1.86. The molecule has 1 aliphatic rings. The van der Waals surface area contributed by atoms with Crippen molar-refractivity contribution in [3.8, 4) is 0 Å². The molecular formula is C4H8ClN3O4. The van der Waals surface area contributed by atoms with E-state index in [-0.39, 0.29) is 25.2 Å². The molecule has 0 aromatic rings. The van der Waals surface area contributed by atoms with Gasteiger partial charge in [0.15, 0.2) is 0 Å². The van der Waals surface area contributed by atoms with Gasteiger partial charge in [-0.15, -0.1) is 12.4 Å². The van der Waals surface area contributed by atoms with Gasteiger partial charge >= 0.3 is 5.66 Å². The highest BCUT2D eigenvalue weighted by Crippen LogP contribution is 2.34. The van der Waals surface area contributed by atoms with Crippen LogP contribution >= 0.6 is 12.4 Å². The largest absolute Gasteiger partial charge is 0.461 e. The fourth-order valence-corrected chi connectivity index (χ4v) is 1.14. The fourth-order valence-electron chi connectivity index (χ4n) is 1.14. The van der Waals surface area contributed by atoms with Gasteiger partial charge in [-0.1, -0.05) is 0 Å².